The molecule has 0 amide bonds. The zero-order chi connectivity index (χ0) is 8.08. The van der Waals surface area contributed by atoms with Gasteiger partial charge in [0, 0.05) is 10.4 Å². The molecule has 0 aromatic carbocycles. The van der Waals surface area contributed by atoms with Gasteiger partial charge < -0.3 is 30.6 Å². The molecule has 0 radical (unpaired) electrons. The number of quaternary nitrogens is 1. The van der Waals surface area contributed by atoms with Crippen LogP contribution in [0.5, 0.6) is 0 Å². The third kappa shape index (κ3) is 11500. The summed E-state index contributed by atoms with van der Waals surface area (Å²) in [5.74, 6) is 0. The van der Waals surface area contributed by atoms with E-state index < -0.39 is 15.5 Å². The SMILES string of the molecule is O=S(=O)([O-])[O-].O=[N+]([O-])[O-].[NH4+].[Zn+2].[Zn+2]. The van der Waals surface area contributed by atoms with Gasteiger partial charge in [-0.05, 0) is 0 Å². The first kappa shape index (κ1) is 29.5. The average Bonchev–Trinajstić information content (AvgIpc) is 1.19. The Balaban J connectivity index is -0.0000000221. The van der Waals surface area contributed by atoms with Gasteiger partial charge in [0.05, 0.1) is 5.09 Å². The molecule has 0 atom stereocenters. The Morgan fingerprint density at radius 3 is 1.00 bits per heavy atom. The number of hydrogen-bond donors (Lipinski definition) is 1. The van der Waals surface area contributed by atoms with Gasteiger partial charge in [-0.15, -0.1) is 0 Å². The smallest absolute Gasteiger partial charge is 0.759 e. The Morgan fingerprint density at radius 2 is 1.00 bits per heavy atom. The summed E-state index contributed by atoms with van der Waals surface area (Å²) in [6.45, 7) is 0. The minimum atomic E-state index is -5.17. The van der Waals surface area contributed by atoms with Gasteiger partial charge in [0.2, 0.25) is 0 Å². The molecule has 0 aliphatic heterocycles. The molecule has 64 valence electrons. The summed E-state index contributed by atoms with van der Waals surface area (Å²) in [5.41, 5.74) is 0. The van der Waals surface area contributed by atoms with Gasteiger partial charge in [0.1, 0.15) is 0 Å². The van der Waals surface area contributed by atoms with Crippen LogP contribution in [-0.4, -0.2) is 22.6 Å². The number of hydrogen-bond acceptors (Lipinski definition) is 7. The molecule has 4 N–H and O–H groups in total. The van der Waals surface area contributed by atoms with Crippen LogP contribution in [0, 0.1) is 15.3 Å². The average molecular weight is 307 g/mol. The maximum atomic E-state index is 8.52. The molecule has 0 aliphatic rings. The molecule has 0 unspecified atom stereocenters. The summed E-state index contributed by atoms with van der Waals surface area (Å²) in [6, 6.07) is 0. The second-order valence-corrected chi connectivity index (χ2v) is 1.45. The maximum absolute atomic E-state index is 8.52. The van der Waals surface area contributed by atoms with E-state index in [9.17, 15) is 0 Å². The predicted octanol–water partition coefficient (Wildman–Crippen LogP) is -1.21. The third-order valence-electron chi connectivity index (χ3n) is 0. The fraction of sp³-hybridized carbons (Fsp3) is 0. The van der Waals surface area contributed by atoms with E-state index in [2.05, 4.69) is 0 Å². The fourth-order valence-electron chi connectivity index (χ4n) is 0. The van der Waals surface area contributed by atoms with Gasteiger partial charge in [-0.25, -0.2) is 0 Å². The van der Waals surface area contributed by atoms with Crippen LogP contribution < -0.4 is 6.15 Å². The third-order valence-corrected chi connectivity index (χ3v) is 0. The Hall–Kier alpha value is 0.277. The Kier molecular flexibility index (Phi) is 34.0. The second-order valence-electron chi connectivity index (χ2n) is 0.632. The first-order chi connectivity index (χ1) is 3.73. The van der Waals surface area contributed by atoms with E-state index in [1.807, 2.05) is 0 Å². The van der Waals surface area contributed by atoms with Crippen molar-refractivity contribution in [2.24, 2.45) is 0 Å². The van der Waals surface area contributed by atoms with E-state index in [1.54, 1.807) is 0 Å². The van der Waals surface area contributed by atoms with Crippen molar-refractivity contribution < 1.29 is 61.6 Å². The molecule has 0 aromatic rings. The van der Waals surface area contributed by atoms with Crippen LogP contribution >= 0.6 is 0 Å². The molecule has 12 heavy (non-hydrogen) atoms. The first-order valence-electron chi connectivity index (χ1n) is 1.21. The quantitative estimate of drug-likeness (QED) is 0.191. The fourth-order valence-corrected chi connectivity index (χ4v) is 0. The van der Waals surface area contributed by atoms with Crippen molar-refractivity contribution >= 4 is 10.4 Å². The molecule has 0 spiro atoms. The molecular formula is H4N2O7SZn2+2. The standard InChI is InChI=1S/NO3.H3N.H2O4S.2Zn/c2-1(3)4;;1-5(2,3)4;;/h;1H3;(H2,1,2,3,4);;/q-1;;;2*+2/p-1. The van der Waals surface area contributed by atoms with Crippen molar-refractivity contribution in [2.75, 3.05) is 0 Å². The van der Waals surface area contributed by atoms with Crippen LogP contribution in [0.2, 0.25) is 0 Å². The van der Waals surface area contributed by atoms with Crippen molar-refractivity contribution in [2.45, 2.75) is 0 Å². The van der Waals surface area contributed by atoms with Crippen molar-refractivity contribution in [1.29, 1.82) is 0 Å². The van der Waals surface area contributed by atoms with Gasteiger partial charge >= 0.3 is 39.0 Å². The summed E-state index contributed by atoms with van der Waals surface area (Å²) in [5, 5.41) is 14.8. The van der Waals surface area contributed by atoms with Crippen LogP contribution in [-0.2, 0) is 49.4 Å². The van der Waals surface area contributed by atoms with Crippen molar-refractivity contribution in [3.63, 3.8) is 0 Å². The minimum absolute atomic E-state index is 0. The number of nitrogens with zero attached hydrogens (tertiary/aromatic N) is 1. The molecule has 0 fully saturated rings. The molecule has 0 bridgehead atoms. The molecule has 0 rings (SSSR count). The molecule has 0 heterocycles. The molecule has 0 aliphatic carbocycles. The topological polar surface area (TPSA) is 183 Å². The maximum Gasteiger partial charge on any atom is 2.00 e. The van der Waals surface area contributed by atoms with Crippen molar-refractivity contribution in [3.8, 4) is 0 Å². The van der Waals surface area contributed by atoms with Crippen LogP contribution in [0.15, 0.2) is 0 Å². The Morgan fingerprint density at radius 1 is 1.00 bits per heavy atom. The van der Waals surface area contributed by atoms with Crippen LogP contribution in [0.4, 0.5) is 0 Å². The van der Waals surface area contributed by atoms with Gasteiger partial charge in [0.25, 0.3) is 0 Å². The molecule has 0 aromatic heterocycles. The van der Waals surface area contributed by atoms with E-state index in [-0.39, 0.29) is 45.1 Å². The zero-order valence-electron chi connectivity index (χ0n) is 6.13. The van der Waals surface area contributed by atoms with Gasteiger partial charge in [-0.3, -0.25) is 8.42 Å². The van der Waals surface area contributed by atoms with Crippen molar-refractivity contribution in [1.82, 2.24) is 6.15 Å². The summed E-state index contributed by atoms with van der Waals surface area (Å²) in [7, 11) is -5.17. The van der Waals surface area contributed by atoms with Crippen LogP contribution in [0.25, 0.3) is 0 Å². The van der Waals surface area contributed by atoms with E-state index in [1.165, 1.54) is 0 Å². The van der Waals surface area contributed by atoms with E-state index in [0.717, 1.165) is 0 Å². The molecule has 0 saturated carbocycles. The van der Waals surface area contributed by atoms with E-state index >= 15 is 0 Å². The summed E-state index contributed by atoms with van der Waals surface area (Å²) in [4.78, 5) is 8.25. The Bertz CT molecular complexity index is 162. The zero-order valence-corrected chi connectivity index (χ0v) is 12.9. The van der Waals surface area contributed by atoms with E-state index in [0.29, 0.717) is 0 Å². The largest absolute Gasteiger partial charge is 2.00 e. The van der Waals surface area contributed by atoms with Gasteiger partial charge in [-0.2, -0.15) is 0 Å². The normalized spacial score (nSPS) is 6.83. The molecule has 9 nitrogen and oxygen atoms in total. The minimum Gasteiger partial charge on any atom is -0.759 e. The summed E-state index contributed by atoms with van der Waals surface area (Å²) in [6.07, 6.45) is 0. The predicted molar refractivity (Wildman–Crippen MR) is 26.8 cm³/mol. The van der Waals surface area contributed by atoms with Gasteiger partial charge in [0.15, 0.2) is 0 Å². The summed E-state index contributed by atoms with van der Waals surface area (Å²) < 4.78 is 34.1. The van der Waals surface area contributed by atoms with Gasteiger partial charge in [-0.1, -0.05) is 0 Å². The van der Waals surface area contributed by atoms with E-state index in [4.69, 9.17) is 32.8 Å². The summed E-state index contributed by atoms with van der Waals surface area (Å²) >= 11 is 0. The monoisotopic (exact) mass is 304 g/mol. The Labute approximate surface area is 93.3 Å². The molecule has 12 heteroatoms. The molecular weight excluding hydrogens is 303 g/mol. The first-order valence-corrected chi connectivity index (χ1v) is 2.55. The van der Waals surface area contributed by atoms with Crippen molar-refractivity contribution in [3.05, 3.63) is 15.3 Å². The number of rotatable bonds is 0. The van der Waals surface area contributed by atoms with Crippen LogP contribution in [0.1, 0.15) is 0 Å². The second kappa shape index (κ2) is 13.8. The molecule has 0 saturated heterocycles. The van der Waals surface area contributed by atoms with Crippen LogP contribution in [0.3, 0.4) is 0 Å².